The van der Waals surface area contributed by atoms with Crippen LogP contribution in [0.4, 0.5) is 5.69 Å². The second-order valence-corrected chi connectivity index (χ2v) is 5.39. The van der Waals surface area contributed by atoms with E-state index in [1.807, 2.05) is 12.3 Å². The van der Waals surface area contributed by atoms with Crippen molar-refractivity contribution in [2.24, 2.45) is 0 Å². The van der Waals surface area contributed by atoms with Crippen LogP contribution < -0.4 is 4.90 Å². The Morgan fingerprint density at radius 1 is 1.42 bits per heavy atom. The van der Waals surface area contributed by atoms with Gasteiger partial charge in [0, 0.05) is 26.2 Å². The third kappa shape index (κ3) is 3.45. The maximum absolute atomic E-state index is 9.48. The highest BCUT2D eigenvalue weighted by atomic mass is 16.3. The Kier molecular flexibility index (Phi) is 4.77. The number of pyridine rings is 1. The van der Waals surface area contributed by atoms with Gasteiger partial charge in [-0.1, -0.05) is 6.92 Å². The van der Waals surface area contributed by atoms with Gasteiger partial charge >= 0.3 is 0 Å². The van der Waals surface area contributed by atoms with Gasteiger partial charge in [-0.3, -0.25) is 4.98 Å². The molecule has 0 amide bonds. The molecule has 106 valence electrons. The molecule has 1 aromatic heterocycles. The Morgan fingerprint density at radius 3 is 2.58 bits per heavy atom. The molecule has 4 heteroatoms. The normalized spacial score (nSPS) is 19.4. The molecule has 0 aromatic carbocycles. The van der Waals surface area contributed by atoms with Crippen LogP contribution in [0.3, 0.4) is 0 Å². The largest absolute Gasteiger partial charge is 0.387 e. The number of aromatic nitrogens is 1. The topological polar surface area (TPSA) is 39.6 Å². The summed E-state index contributed by atoms with van der Waals surface area (Å²) in [6, 6.07) is 4.57. The van der Waals surface area contributed by atoms with E-state index < -0.39 is 6.10 Å². The molecule has 19 heavy (non-hydrogen) atoms. The van der Waals surface area contributed by atoms with Crippen molar-refractivity contribution in [2.45, 2.75) is 38.8 Å². The summed E-state index contributed by atoms with van der Waals surface area (Å²) in [7, 11) is 2.14. The molecule has 2 rings (SSSR count). The van der Waals surface area contributed by atoms with E-state index in [1.54, 1.807) is 6.92 Å². The maximum atomic E-state index is 9.48. The van der Waals surface area contributed by atoms with Gasteiger partial charge in [0.05, 0.1) is 23.7 Å². The number of aliphatic hydroxyl groups excluding tert-OH is 1. The van der Waals surface area contributed by atoms with E-state index in [9.17, 15) is 5.11 Å². The summed E-state index contributed by atoms with van der Waals surface area (Å²) >= 11 is 0. The standard InChI is InChI=1S/C15H25N3O/c1-4-18-9-7-13(8-10-18)17(3)14-5-6-15(12(2)19)16-11-14/h5-6,11-13,19H,4,7-10H2,1-3H3/t12-/m0/s1. The number of likely N-dealkylation sites (tertiary alicyclic amines) is 1. The lowest BCUT2D eigenvalue weighted by Gasteiger charge is -2.37. The van der Waals surface area contributed by atoms with Crippen molar-refractivity contribution in [2.75, 3.05) is 31.6 Å². The van der Waals surface area contributed by atoms with Gasteiger partial charge in [0.2, 0.25) is 0 Å². The van der Waals surface area contributed by atoms with Crippen molar-refractivity contribution in [1.29, 1.82) is 0 Å². The first-order valence-electron chi connectivity index (χ1n) is 7.21. The van der Waals surface area contributed by atoms with Gasteiger partial charge in [-0.25, -0.2) is 0 Å². The summed E-state index contributed by atoms with van der Waals surface area (Å²) in [5, 5.41) is 9.48. The van der Waals surface area contributed by atoms with E-state index in [4.69, 9.17) is 0 Å². The van der Waals surface area contributed by atoms with Crippen LogP contribution in [0.1, 0.15) is 38.5 Å². The molecule has 2 heterocycles. The Balaban J connectivity index is 1.97. The lowest BCUT2D eigenvalue weighted by molar-refractivity contribution is 0.194. The van der Waals surface area contributed by atoms with Crippen LogP contribution in [0.25, 0.3) is 0 Å². The van der Waals surface area contributed by atoms with E-state index in [2.05, 4.69) is 34.8 Å². The molecule has 0 radical (unpaired) electrons. The summed E-state index contributed by atoms with van der Waals surface area (Å²) in [5.74, 6) is 0. The first kappa shape index (κ1) is 14.3. The highest BCUT2D eigenvalue weighted by molar-refractivity contribution is 5.45. The summed E-state index contributed by atoms with van der Waals surface area (Å²) < 4.78 is 0. The van der Waals surface area contributed by atoms with E-state index in [0.29, 0.717) is 6.04 Å². The molecule has 1 fully saturated rings. The average Bonchev–Trinajstić information content (AvgIpc) is 2.46. The van der Waals surface area contributed by atoms with Crippen LogP contribution in [0, 0.1) is 0 Å². The zero-order valence-electron chi connectivity index (χ0n) is 12.2. The molecule has 1 atom stereocenters. The van der Waals surface area contributed by atoms with Crippen LogP contribution in [0.2, 0.25) is 0 Å². The molecule has 0 unspecified atom stereocenters. The number of hydrogen-bond acceptors (Lipinski definition) is 4. The van der Waals surface area contributed by atoms with Crippen LogP contribution in [0.15, 0.2) is 18.3 Å². The molecular weight excluding hydrogens is 238 g/mol. The molecule has 1 aliphatic heterocycles. The van der Waals surface area contributed by atoms with Crippen molar-refractivity contribution in [3.63, 3.8) is 0 Å². The van der Waals surface area contributed by atoms with Gasteiger partial charge in [0.1, 0.15) is 0 Å². The number of anilines is 1. The molecule has 1 N–H and O–H groups in total. The smallest absolute Gasteiger partial charge is 0.0931 e. The average molecular weight is 263 g/mol. The number of hydrogen-bond donors (Lipinski definition) is 1. The Labute approximate surface area is 116 Å². The quantitative estimate of drug-likeness (QED) is 0.902. The van der Waals surface area contributed by atoms with Crippen molar-refractivity contribution < 1.29 is 5.11 Å². The second kappa shape index (κ2) is 6.35. The third-order valence-electron chi connectivity index (χ3n) is 4.16. The molecule has 0 aliphatic carbocycles. The van der Waals surface area contributed by atoms with E-state index in [0.717, 1.165) is 17.9 Å². The van der Waals surface area contributed by atoms with Gasteiger partial charge in [-0.15, -0.1) is 0 Å². The van der Waals surface area contributed by atoms with Crippen LogP contribution in [0.5, 0.6) is 0 Å². The van der Waals surface area contributed by atoms with E-state index in [1.165, 1.54) is 25.9 Å². The molecule has 1 aliphatic rings. The van der Waals surface area contributed by atoms with Crippen LogP contribution in [-0.4, -0.2) is 47.7 Å². The second-order valence-electron chi connectivity index (χ2n) is 5.39. The Bertz CT molecular complexity index is 383. The van der Waals surface area contributed by atoms with Crippen molar-refractivity contribution in [1.82, 2.24) is 9.88 Å². The van der Waals surface area contributed by atoms with Crippen LogP contribution >= 0.6 is 0 Å². The lowest BCUT2D eigenvalue weighted by Crippen LogP contribution is -2.43. The fourth-order valence-corrected chi connectivity index (χ4v) is 2.69. The predicted octanol–water partition coefficient (Wildman–Crippen LogP) is 2.06. The van der Waals surface area contributed by atoms with Crippen molar-refractivity contribution >= 4 is 5.69 Å². The van der Waals surface area contributed by atoms with Gasteiger partial charge in [-0.05, 0) is 38.4 Å². The number of piperidine rings is 1. The predicted molar refractivity (Wildman–Crippen MR) is 78.4 cm³/mol. The Hall–Kier alpha value is -1.13. The zero-order chi connectivity index (χ0) is 13.8. The maximum Gasteiger partial charge on any atom is 0.0931 e. The molecular formula is C15H25N3O. The first-order chi connectivity index (χ1) is 9.11. The third-order valence-corrected chi connectivity index (χ3v) is 4.16. The minimum atomic E-state index is -0.493. The molecule has 4 nitrogen and oxygen atoms in total. The highest BCUT2D eigenvalue weighted by Crippen LogP contribution is 2.22. The summed E-state index contributed by atoms with van der Waals surface area (Å²) in [6.07, 6.45) is 3.80. The van der Waals surface area contributed by atoms with E-state index in [-0.39, 0.29) is 0 Å². The summed E-state index contributed by atoms with van der Waals surface area (Å²) in [5.41, 5.74) is 1.87. The summed E-state index contributed by atoms with van der Waals surface area (Å²) in [6.45, 7) is 7.49. The number of nitrogens with zero attached hydrogens (tertiary/aromatic N) is 3. The van der Waals surface area contributed by atoms with Crippen LogP contribution in [-0.2, 0) is 0 Å². The molecule has 1 aromatic rings. The monoisotopic (exact) mass is 263 g/mol. The molecule has 0 bridgehead atoms. The fourth-order valence-electron chi connectivity index (χ4n) is 2.69. The van der Waals surface area contributed by atoms with Gasteiger partial charge in [-0.2, -0.15) is 0 Å². The fraction of sp³-hybridized carbons (Fsp3) is 0.667. The van der Waals surface area contributed by atoms with Crippen molar-refractivity contribution in [3.05, 3.63) is 24.0 Å². The Morgan fingerprint density at radius 2 is 2.11 bits per heavy atom. The molecule has 1 saturated heterocycles. The lowest BCUT2D eigenvalue weighted by atomic mass is 10.0. The van der Waals surface area contributed by atoms with Gasteiger partial charge in [0.25, 0.3) is 0 Å². The zero-order valence-corrected chi connectivity index (χ0v) is 12.2. The number of aliphatic hydroxyl groups is 1. The highest BCUT2D eigenvalue weighted by Gasteiger charge is 2.22. The number of rotatable bonds is 4. The minimum absolute atomic E-state index is 0.493. The SMILES string of the molecule is CCN1CCC(N(C)c2ccc([C@H](C)O)nc2)CC1. The molecule has 0 saturated carbocycles. The van der Waals surface area contributed by atoms with E-state index >= 15 is 0 Å². The van der Waals surface area contributed by atoms with Gasteiger partial charge in [0.15, 0.2) is 0 Å². The first-order valence-corrected chi connectivity index (χ1v) is 7.21. The minimum Gasteiger partial charge on any atom is -0.387 e. The molecule has 0 spiro atoms. The summed E-state index contributed by atoms with van der Waals surface area (Å²) in [4.78, 5) is 9.15. The van der Waals surface area contributed by atoms with Gasteiger partial charge < -0.3 is 14.9 Å². The van der Waals surface area contributed by atoms with Crippen molar-refractivity contribution in [3.8, 4) is 0 Å².